The van der Waals surface area contributed by atoms with Crippen molar-refractivity contribution in [2.45, 2.75) is 18.0 Å². The van der Waals surface area contributed by atoms with Crippen LogP contribution in [0.2, 0.25) is 0 Å². The van der Waals surface area contributed by atoms with Crippen LogP contribution < -0.4 is 9.62 Å². The highest BCUT2D eigenvalue weighted by Gasteiger charge is 2.32. The van der Waals surface area contributed by atoms with Gasteiger partial charge in [-0.15, -0.1) is 0 Å². The normalized spacial score (nSPS) is 14.9. The van der Waals surface area contributed by atoms with Crippen molar-refractivity contribution in [2.24, 2.45) is 0 Å². The number of carbonyl (C=O) groups excluding carboxylic acids is 1. The number of nitrogens with zero attached hydrogens (tertiary/aromatic N) is 3. The first-order valence-electron chi connectivity index (χ1n) is 12.0. The Morgan fingerprint density at radius 1 is 0.947 bits per heavy atom. The molecule has 38 heavy (non-hydrogen) atoms. The molecule has 6 nitrogen and oxygen atoms in total. The second-order valence-electron chi connectivity index (χ2n) is 9.06. The first-order chi connectivity index (χ1) is 18.2. The molecule has 4 aromatic rings. The van der Waals surface area contributed by atoms with E-state index in [2.05, 4.69) is 9.71 Å². The number of aryl methyl sites for hydroxylation is 1. The Bertz CT molecular complexity index is 1500. The minimum absolute atomic E-state index is 0.156. The molecule has 1 saturated heterocycles. The quantitative estimate of drug-likeness (QED) is 0.356. The van der Waals surface area contributed by atoms with Crippen LogP contribution in [0.15, 0.2) is 83.9 Å². The fourth-order valence-electron chi connectivity index (χ4n) is 4.53. The predicted octanol–water partition coefficient (Wildman–Crippen LogP) is 5.66. The van der Waals surface area contributed by atoms with Gasteiger partial charge in [0.1, 0.15) is 0 Å². The van der Waals surface area contributed by atoms with Gasteiger partial charge >= 0.3 is 6.18 Å². The highest BCUT2D eigenvalue weighted by atomic mass is 32.2. The van der Waals surface area contributed by atoms with Crippen molar-refractivity contribution in [3.8, 4) is 0 Å². The Morgan fingerprint density at radius 3 is 2.37 bits per heavy atom. The van der Waals surface area contributed by atoms with Gasteiger partial charge in [0.05, 0.1) is 16.0 Å². The molecule has 3 aromatic carbocycles. The Morgan fingerprint density at radius 2 is 1.66 bits per heavy atom. The van der Waals surface area contributed by atoms with Gasteiger partial charge in [-0.2, -0.15) is 13.2 Å². The van der Waals surface area contributed by atoms with E-state index in [9.17, 15) is 22.2 Å². The van der Waals surface area contributed by atoms with Crippen LogP contribution in [0.5, 0.6) is 0 Å². The van der Waals surface area contributed by atoms with Crippen molar-refractivity contribution < 1.29 is 22.2 Å². The summed E-state index contributed by atoms with van der Waals surface area (Å²) < 4.78 is 55.4. The zero-order chi connectivity index (χ0) is 26.9. The zero-order valence-electron chi connectivity index (χ0n) is 20.5. The minimum Gasteiger partial charge on any atom is -0.368 e. The third-order valence-corrected chi connectivity index (χ3v) is 7.73. The summed E-state index contributed by atoms with van der Waals surface area (Å²) in [5.74, 6) is -0.156. The van der Waals surface area contributed by atoms with Gasteiger partial charge in [-0.25, -0.2) is 4.21 Å². The molecule has 0 bridgehead atoms. The number of pyridine rings is 1. The largest absolute Gasteiger partial charge is 0.416 e. The third kappa shape index (κ3) is 5.35. The summed E-state index contributed by atoms with van der Waals surface area (Å²) in [6, 6.07) is 19.7. The van der Waals surface area contributed by atoms with Crippen molar-refractivity contribution in [3.63, 3.8) is 0 Å². The van der Waals surface area contributed by atoms with Gasteiger partial charge in [0.25, 0.3) is 5.91 Å². The molecular formula is C28H25F3N4O2S. The summed E-state index contributed by atoms with van der Waals surface area (Å²) in [6.45, 7) is 3.45. The maximum absolute atomic E-state index is 13.2. The first-order valence-corrected chi connectivity index (χ1v) is 13.2. The van der Waals surface area contributed by atoms with Crippen molar-refractivity contribution in [1.82, 2.24) is 9.88 Å². The monoisotopic (exact) mass is 538 g/mol. The summed E-state index contributed by atoms with van der Waals surface area (Å²) >= 11 is 0. The van der Waals surface area contributed by atoms with E-state index in [0.717, 1.165) is 17.0 Å². The number of nitrogens with one attached hydrogen (secondary N) is 1. The molecular weight excluding hydrogens is 513 g/mol. The van der Waals surface area contributed by atoms with Gasteiger partial charge in [0.2, 0.25) is 0 Å². The standard InChI is InChI=1S/C28H25F3N4O2S/c1-19-7-10-22(28(29,30)31)18-24(19)34-14-16-35(17-15-34)27(36)21-8-11-23(12-9-21)33-38(37)25-6-2-4-20-5-3-13-32-26(20)25/h2-13,18,33H,14-17H2,1H3. The molecule has 1 N–H and O–H groups in total. The van der Waals surface area contributed by atoms with E-state index < -0.39 is 22.7 Å². The second-order valence-corrected chi connectivity index (χ2v) is 10.2. The van der Waals surface area contributed by atoms with Crippen molar-refractivity contribution >= 4 is 39.2 Å². The number of para-hydroxylation sites is 1. The molecule has 2 heterocycles. The van der Waals surface area contributed by atoms with Crippen LogP contribution in [-0.4, -0.2) is 46.2 Å². The number of halogens is 3. The number of aromatic nitrogens is 1. The molecule has 1 atom stereocenters. The summed E-state index contributed by atoms with van der Waals surface area (Å²) in [7, 11) is -1.55. The van der Waals surface area contributed by atoms with Crippen LogP contribution in [0.4, 0.5) is 24.5 Å². The van der Waals surface area contributed by atoms with Gasteiger partial charge in [0.15, 0.2) is 11.0 Å². The second kappa shape index (κ2) is 10.4. The lowest BCUT2D eigenvalue weighted by Gasteiger charge is -2.37. The molecule has 1 fully saturated rings. The highest BCUT2D eigenvalue weighted by Crippen LogP contribution is 2.33. The maximum atomic E-state index is 13.2. The van der Waals surface area contributed by atoms with Crippen LogP contribution in [0, 0.1) is 6.92 Å². The van der Waals surface area contributed by atoms with Crippen molar-refractivity contribution in [2.75, 3.05) is 35.8 Å². The number of benzene rings is 3. The molecule has 1 aliphatic heterocycles. The molecule has 0 saturated carbocycles. The van der Waals surface area contributed by atoms with Crippen LogP contribution in [-0.2, 0) is 17.2 Å². The summed E-state index contributed by atoms with van der Waals surface area (Å²) in [4.78, 5) is 21.6. The van der Waals surface area contributed by atoms with Crippen LogP contribution in [0.3, 0.4) is 0 Å². The number of carbonyl (C=O) groups is 1. The van der Waals surface area contributed by atoms with Crippen molar-refractivity contribution in [1.29, 1.82) is 0 Å². The Hall–Kier alpha value is -3.92. The van der Waals surface area contributed by atoms with Crippen LogP contribution >= 0.6 is 0 Å². The molecule has 5 rings (SSSR count). The Labute approximate surface area is 220 Å². The fraction of sp³-hybridized carbons (Fsp3) is 0.214. The average Bonchev–Trinajstić information content (AvgIpc) is 2.92. The molecule has 1 unspecified atom stereocenters. The number of fused-ring (bicyclic) bond motifs is 1. The van der Waals surface area contributed by atoms with Gasteiger partial charge in [0, 0.05) is 54.7 Å². The SMILES string of the molecule is Cc1ccc(C(F)(F)F)cc1N1CCN(C(=O)c2ccc(NS(=O)c3cccc4cccnc34)cc2)CC1. The molecule has 196 valence electrons. The molecule has 10 heteroatoms. The Balaban J connectivity index is 1.22. The maximum Gasteiger partial charge on any atom is 0.416 e. The summed E-state index contributed by atoms with van der Waals surface area (Å²) in [5, 5.41) is 0.893. The number of rotatable bonds is 5. The Kier molecular flexibility index (Phi) is 7.07. The topological polar surface area (TPSA) is 65.5 Å². The number of piperazine rings is 1. The van der Waals surface area contributed by atoms with Gasteiger partial charge in [-0.05, 0) is 61.0 Å². The number of hydrogen-bond acceptors (Lipinski definition) is 4. The first kappa shape index (κ1) is 25.7. The van der Waals surface area contributed by atoms with E-state index in [1.165, 1.54) is 12.1 Å². The summed E-state index contributed by atoms with van der Waals surface area (Å²) in [5.41, 5.74) is 2.36. The molecule has 1 aliphatic rings. The smallest absolute Gasteiger partial charge is 0.368 e. The lowest BCUT2D eigenvalue weighted by molar-refractivity contribution is -0.137. The van der Waals surface area contributed by atoms with E-state index in [-0.39, 0.29) is 5.91 Å². The van der Waals surface area contributed by atoms with E-state index >= 15 is 0 Å². The van der Waals surface area contributed by atoms with Gasteiger partial charge in [-0.3, -0.25) is 9.78 Å². The van der Waals surface area contributed by atoms with Crippen LogP contribution in [0.1, 0.15) is 21.5 Å². The highest BCUT2D eigenvalue weighted by molar-refractivity contribution is 7.86. The minimum atomic E-state index is -4.40. The number of amides is 1. The molecule has 1 amide bonds. The number of alkyl halides is 3. The summed E-state index contributed by atoms with van der Waals surface area (Å²) in [6.07, 6.45) is -2.75. The van der Waals surface area contributed by atoms with Gasteiger partial charge in [-0.1, -0.05) is 24.3 Å². The molecule has 0 radical (unpaired) electrons. The number of anilines is 2. The predicted molar refractivity (Wildman–Crippen MR) is 143 cm³/mol. The third-order valence-electron chi connectivity index (χ3n) is 6.58. The van der Waals surface area contributed by atoms with Gasteiger partial charge < -0.3 is 14.5 Å². The van der Waals surface area contributed by atoms with Crippen LogP contribution in [0.25, 0.3) is 10.9 Å². The number of hydrogen-bond donors (Lipinski definition) is 1. The zero-order valence-corrected chi connectivity index (χ0v) is 21.4. The van der Waals surface area contributed by atoms with Crippen molar-refractivity contribution in [3.05, 3.63) is 95.7 Å². The van der Waals surface area contributed by atoms with E-state index in [1.54, 1.807) is 48.4 Å². The lowest BCUT2D eigenvalue weighted by Crippen LogP contribution is -2.49. The molecule has 0 spiro atoms. The van der Waals surface area contributed by atoms with E-state index in [4.69, 9.17) is 0 Å². The lowest BCUT2D eigenvalue weighted by atomic mass is 10.1. The van der Waals surface area contributed by atoms with E-state index in [0.29, 0.717) is 53.5 Å². The molecule has 0 aliphatic carbocycles. The average molecular weight is 539 g/mol. The molecule has 1 aromatic heterocycles. The van der Waals surface area contributed by atoms with E-state index in [1.807, 2.05) is 29.2 Å². The fourth-order valence-corrected chi connectivity index (χ4v) is 5.54.